The summed E-state index contributed by atoms with van der Waals surface area (Å²) in [5, 5.41) is 9.78. The van der Waals surface area contributed by atoms with Crippen LogP contribution in [0.4, 0.5) is 5.69 Å². The van der Waals surface area contributed by atoms with Gasteiger partial charge in [0.1, 0.15) is 5.75 Å². The number of fused-ring (bicyclic) bond motifs is 1. The Hall–Kier alpha value is -3.39. The van der Waals surface area contributed by atoms with Crippen LogP contribution in [0.2, 0.25) is 0 Å². The van der Waals surface area contributed by atoms with E-state index in [0.29, 0.717) is 36.5 Å². The number of nitrogens with zero attached hydrogens (tertiary/aromatic N) is 2. The summed E-state index contributed by atoms with van der Waals surface area (Å²) < 4.78 is 6.87. The Morgan fingerprint density at radius 2 is 2.04 bits per heavy atom. The van der Waals surface area contributed by atoms with E-state index in [9.17, 15) is 9.59 Å². The Morgan fingerprint density at radius 3 is 2.78 bits per heavy atom. The summed E-state index contributed by atoms with van der Waals surface area (Å²) in [6, 6.07) is 12.1. The maximum absolute atomic E-state index is 12.5. The van der Waals surface area contributed by atoms with Crippen LogP contribution in [0.1, 0.15) is 27.3 Å². The molecule has 0 atom stereocenters. The largest absolute Gasteiger partial charge is 0.496 e. The molecule has 2 aromatic heterocycles. The third kappa shape index (κ3) is 4.24. The molecule has 0 aliphatic heterocycles. The Morgan fingerprint density at radius 1 is 1.19 bits per heavy atom. The number of ether oxygens (including phenoxy) is 1. The molecule has 8 heteroatoms. The number of nitrogens with one attached hydrogen (secondary N) is 2. The van der Waals surface area contributed by atoms with Crippen molar-refractivity contribution in [2.24, 2.45) is 5.73 Å². The molecule has 0 unspecified atom stereocenters. The van der Waals surface area contributed by atoms with Crippen molar-refractivity contribution in [3.05, 3.63) is 59.9 Å². The first kappa shape index (κ1) is 18.4. The average Bonchev–Trinajstić information content (AvgIpc) is 3.12. The molecule has 4 N–H and O–H groups in total. The van der Waals surface area contributed by atoms with E-state index in [4.69, 9.17) is 10.5 Å². The molecular weight excluding hydrogens is 346 g/mol. The normalized spacial score (nSPS) is 10.6. The lowest BCUT2D eigenvalue weighted by Crippen LogP contribution is -2.26. The van der Waals surface area contributed by atoms with E-state index in [0.717, 1.165) is 5.52 Å². The van der Waals surface area contributed by atoms with Gasteiger partial charge in [-0.3, -0.25) is 9.59 Å². The van der Waals surface area contributed by atoms with Gasteiger partial charge in [0.15, 0.2) is 5.69 Å². The summed E-state index contributed by atoms with van der Waals surface area (Å²) in [5.74, 6) is -0.228. The van der Waals surface area contributed by atoms with Crippen LogP contribution in [0.5, 0.6) is 5.75 Å². The van der Waals surface area contributed by atoms with Crippen molar-refractivity contribution in [2.75, 3.05) is 25.5 Å². The fraction of sp³-hybridized carbons (Fsp3) is 0.211. The summed E-state index contributed by atoms with van der Waals surface area (Å²) in [7, 11) is 1.49. The standard InChI is InChI=1S/C19H21N5O3/c1-27-17-7-6-13(11-15(17)18(25)21-9-4-8-20)22-19(26)16-12-14-5-2-3-10-24(14)23-16/h2-3,5-7,10-12H,4,8-9,20H2,1H3,(H,21,25)(H,22,26). The van der Waals surface area contributed by atoms with E-state index < -0.39 is 0 Å². The molecule has 0 aliphatic rings. The molecule has 0 aliphatic carbocycles. The molecule has 0 spiro atoms. The first-order valence-corrected chi connectivity index (χ1v) is 8.54. The summed E-state index contributed by atoms with van der Waals surface area (Å²) in [6.45, 7) is 0.961. The monoisotopic (exact) mass is 367 g/mol. The first-order valence-electron chi connectivity index (χ1n) is 8.54. The maximum Gasteiger partial charge on any atom is 0.276 e. The third-order valence-electron chi connectivity index (χ3n) is 3.97. The van der Waals surface area contributed by atoms with E-state index in [1.54, 1.807) is 35.0 Å². The van der Waals surface area contributed by atoms with Gasteiger partial charge in [-0.1, -0.05) is 6.07 Å². The lowest BCUT2D eigenvalue weighted by molar-refractivity contribution is 0.0949. The molecule has 0 bridgehead atoms. The highest BCUT2D eigenvalue weighted by Crippen LogP contribution is 2.23. The van der Waals surface area contributed by atoms with E-state index in [1.807, 2.05) is 18.2 Å². The van der Waals surface area contributed by atoms with Crippen molar-refractivity contribution in [3.8, 4) is 5.75 Å². The number of anilines is 1. The summed E-state index contributed by atoms with van der Waals surface area (Å²) in [4.78, 5) is 24.9. The number of rotatable bonds is 7. The zero-order valence-corrected chi connectivity index (χ0v) is 14.9. The minimum absolute atomic E-state index is 0.283. The van der Waals surface area contributed by atoms with Crippen molar-refractivity contribution in [2.45, 2.75) is 6.42 Å². The lowest BCUT2D eigenvalue weighted by Gasteiger charge is -2.11. The highest BCUT2D eigenvalue weighted by molar-refractivity contribution is 6.05. The van der Waals surface area contributed by atoms with Gasteiger partial charge in [-0.2, -0.15) is 5.10 Å². The predicted molar refractivity (Wildman–Crippen MR) is 102 cm³/mol. The Bertz CT molecular complexity index is 934. The zero-order chi connectivity index (χ0) is 19.2. The third-order valence-corrected chi connectivity index (χ3v) is 3.97. The maximum atomic E-state index is 12.5. The second-order valence-corrected chi connectivity index (χ2v) is 5.87. The highest BCUT2D eigenvalue weighted by atomic mass is 16.5. The number of carbonyl (C=O) groups excluding carboxylic acids is 2. The van der Waals surface area contributed by atoms with E-state index in [-0.39, 0.29) is 17.5 Å². The van der Waals surface area contributed by atoms with Gasteiger partial charge in [0, 0.05) is 18.4 Å². The van der Waals surface area contributed by atoms with E-state index >= 15 is 0 Å². The van der Waals surface area contributed by atoms with Gasteiger partial charge in [-0.25, -0.2) is 4.52 Å². The number of aromatic nitrogens is 2. The molecule has 3 rings (SSSR count). The average molecular weight is 367 g/mol. The minimum Gasteiger partial charge on any atom is -0.496 e. The molecular formula is C19H21N5O3. The second kappa shape index (κ2) is 8.33. The van der Waals surface area contributed by atoms with Crippen LogP contribution in [0, 0.1) is 0 Å². The molecule has 0 fully saturated rings. The molecule has 27 heavy (non-hydrogen) atoms. The minimum atomic E-state index is -0.363. The Labute approximate surface area is 156 Å². The fourth-order valence-electron chi connectivity index (χ4n) is 2.61. The van der Waals surface area contributed by atoms with E-state index in [1.165, 1.54) is 7.11 Å². The van der Waals surface area contributed by atoms with E-state index in [2.05, 4.69) is 15.7 Å². The number of hydrogen-bond donors (Lipinski definition) is 3. The topological polar surface area (TPSA) is 111 Å². The number of benzene rings is 1. The molecule has 0 saturated carbocycles. The second-order valence-electron chi connectivity index (χ2n) is 5.87. The number of amides is 2. The Kier molecular flexibility index (Phi) is 5.68. The molecule has 140 valence electrons. The van der Waals surface area contributed by atoms with Crippen molar-refractivity contribution >= 4 is 23.0 Å². The van der Waals surface area contributed by atoms with Gasteiger partial charge in [0.2, 0.25) is 0 Å². The number of pyridine rings is 1. The van der Waals surface area contributed by atoms with Crippen LogP contribution in [0.25, 0.3) is 5.52 Å². The highest BCUT2D eigenvalue weighted by Gasteiger charge is 2.15. The van der Waals surface area contributed by atoms with Crippen LogP contribution < -0.4 is 21.1 Å². The predicted octanol–water partition coefficient (Wildman–Crippen LogP) is 1.67. The van der Waals surface area contributed by atoms with Gasteiger partial charge in [0.05, 0.1) is 18.2 Å². The zero-order valence-electron chi connectivity index (χ0n) is 14.9. The van der Waals surface area contributed by atoms with Crippen molar-refractivity contribution in [3.63, 3.8) is 0 Å². The van der Waals surface area contributed by atoms with Crippen LogP contribution in [0.15, 0.2) is 48.7 Å². The molecule has 0 saturated heterocycles. The van der Waals surface area contributed by atoms with Crippen LogP contribution >= 0.6 is 0 Å². The van der Waals surface area contributed by atoms with Gasteiger partial charge in [0.25, 0.3) is 11.8 Å². The Balaban J connectivity index is 1.78. The number of methoxy groups -OCH3 is 1. The fourth-order valence-corrected chi connectivity index (χ4v) is 2.61. The molecule has 0 radical (unpaired) electrons. The number of carbonyl (C=O) groups is 2. The molecule has 1 aromatic carbocycles. The van der Waals surface area contributed by atoms with Crippen LogP contribution in [-0.2, 0) is 0 Å². The molecule has 8 nitrogen and oxygen atoms in total. The van der Waals surface area contributed by atoms with Crippen molar-refractivity contribution in [1.82, 2.24) is 14.9 Å². The van der Waals surface area contributed by atoms with Gasteiger partial charge in [-0.15, -0.1) is 0 Å². The number of hydrogen-bond acceptors (Lipinski definition) is 5. The van der Waals surface area contributed by atoms with Crippen molar-refractivity contribution < 1.29 is 14.3 Å². The van der Waals surface area contributed by atoms with Crippen LogP contribution in [0.3, 0.4) is 0 Å². The first-order chi connectivity index (χ1) is 13.1. The molecule has 2 amide bonds. The SMILES string of the molecule is COc1ccc(NC(=O)c2cc3ccccn3n2)cc1C(=O)NCCCN. The van der Waals surface area contributed by atoms with Gasteiger partial charge in [-0.05, 0) is 49.4 Å². The lowest BCUT2D eigenvalue weighted by atomic mass is 10.1. The van der Waals surface area contributed by atoms with Gasteiger partial charge >= 0.3 is 0 Å². The smallest absolute Gasteiger partial charge is 0.276 e. The number of nitrogens with two attached hydrogens (primary N) is 1. The summed E-state index contributed by atoms with van der Waals surface area (Å²) >= 11 is 0. The molecule has 3 aromatic rings. The van der Waals surface area contributed by atoms with Crippen molar-refractivity contribution in [1.29, 1.82) is 0 Å². The quantitative estimate of drug-likeness (QED) is 0.550. The summed E-state index contributed by atoms with van der Waals surface area (Å²) in [5.41, 5.74) is 7.35. The van der Waals surface area contributed by atoms with Gasteiger partial charge < -0.3 is 21.1 Å². The molecule has 2 heterocycles. The summed E-state index contributed by atoms with van der Waals surface area (Å²) in [6.07, 6.45) is 2.45. The van der Waals surface area contributed by atoms with Crippen LogP contribution in [-0.4, -0.2) is 41.6 Å².